The lowest BCUT2D eigenvalue weighted by Crippen LogP contribution is -2.37. The van der Waals surface area contributed by atoms with Crippen molar-refractivity contribution in [3.63, 3.8) is 0 Å². The minimum absolute atomic E-state index is 0.0201. The van der Waals surface area contributed by atoms with Crippen molar-refractivity contribution in [3.8, 4) is 0 Å². The number of hydrogen-bond donors (Lipinski definition) is 1. The van der Waals surface area contributed by atoms with Crippen LogP contribution in [-0.4, -0.2) is 38.2 Å². The first-order valence-corrected chi connectivity index (χ1v) is 10.1. The first-order chi connectivity index (χ1) is 12.0. The van der Waals surface area contributed by atoms with E-state index in [1.165, 1.54) is 0 Å². The van der Waals surface area contributed by atoms with Crippen molar-refractivity contribution in [1.29, 1.82) is 0 Å². The molecule has 0 aliphatic carbocycles. The van der Waals surface area contributed by atoms with Crippen molar-refractivity contribution in [2.24, 2.45) is 0 Å². The Morgan fingerprint density at radius 3 is 2.44 bits per heavy atom. The molecule has 2 amide bonds. The summed E-state index contributed by atoms with van der Waals surface area (Å²) in [5.74, 6) is -0.0201. The van der Waals surface area contributed by atoms with Gasteiger partial charge in [0, 0.05) is 18.8 Å². The SMILES string of the molecule is Cc1ccccc1NC(=O)N1CC[C@@H](c2ccccc2)S(=O)(=O)CC1. The molecule has 25 heavy (non-hydrogen) atoms. The lowest BCUT2D eigenvalue weighted by molar-refractivity contribution is 0.215. The molecule has 1 aliphatic rings. The third-order valence-electron chi connectivity index (χ3n) is 4.59. The number of carbonyl (C=O) groups is 1. The van der Waals surface area contributed by atoms with Crippen LogP contribution in [0.4, 0.5) is 10.5 Å². The summed E-state index contributed by atoms with van der Waals surface area (Å²) in [4.78, 5) is 14.1. The number of benzene rings is 2. The minimum Gasteiger partial charge on any atom is -0.323 e. The predicted molar refractivity (Wildman–Crippen MR) is 99.4 cm³/mol. The van der Waals surface area contributed by atoms with E-state index in [1.54, 1.807) is 4.90 Å². The monoisotopic (exact) mass is 358 g/mol. The van der Waals surface area contributed by atoms with Gasteiger partial charge in [0.1, 0.15) is 0 Å². The Morgan fingerprint density at radius 2 is 1.72 bits per heavy atom. The zero-order valence-electron chi connectivity index (χ0n) is 14.2. The summed E-state index contributed by atoms with van der Waals surface area (Å²) in [5.41, 5.74) is 2.52. The number of nitrogens with one attached hydrogen (secondary N) is 1. The molecule has 2 aromatic rings. The molecular weight excluding hydrogens is 336 g/mol. The highest BCUT2D eigenvalue weighted by Gasteiger charge is 2.32. The molecule has 132 valence electrons. The molecule has 1 N–H and O–H groups in total. The average molecular weight is 358 g/mol. The van der Waals surface area contributed by atoms with E-state index < -0.39 is 15.1 Å². The van der Waals surface area contributed by atoms with Crippen molar-refractivity contribution in [2.75, 3.05) is 24.2 Å². The fraction of sp³-hybridized carbons (Fsp3) is 0.316. The fourth-order valence-electron chi connectivity index (χ4n) is 3.10. The second-order valence-corrected chi connectivity index (χ2v) is 8.59. The molecule has 1 atom stereocenters. The Bertz CT molecular complexity index is 850. The summed E-state index contributed by atoms with van der Waals surface area (Å²) >= 11 is 0. The molecule has 1 saturated heterocycles. The van der Waals surface area contributed by atoms with Gasteiger partial charge in [0.25, 0.3) is 0 Å². The first-order valence-electron chi connectivity index (χ1n) is 8.35. The number of amides is 2. The molecule has 0 saturated carbocycles. The predicted octanol–water partition coefficient (Wildman–Crippen LogP) is 3.39. The van der Waals surface area contributed by atoms with E-state index in [9.17, 15) is 13.2 Å². The molecule has 1 fully saturated rings. The van der Waals surface area contributed by atoms with E-state index in [2.05, 4.69) is 5.32 Å². The molecule has 1 aliphatic heterocycles. The van der Waals surface area contributed by atoms with Crippen molar-refractivity contribution >= 4 is 21.6 Å². The third-order valence-corrected chi connectivity index (χ3v) is 6.71. The second-order valence-electron chi connectivity index (χ2n) is 6.29. The Labute approximate surface area is 148 Å². The van der Waals surface area contributed by atoms with Crippen LogP contribution in [-0.2, 0) is 9.84 Å². The Balaban J connectivity index is 1.74. The van der Waals surface area contributed by atoms with Gasteiger partial charge in [-0.2, -0.15) is 0 Å². The van der Waals surface area contributed by atoms with Crippen LogP contribution in [0.1, 0.15) is 22.8 Å². The second kappa shape index (κ2) is 7.27. The van der Waals surface area contributed by atoms with Gasteiger partial charge in [-0.1, -0.05) is 48.5 Å². The lowest BCUT2D eigenvalue weighted by atomic mass is 10.1. The van der Waals surface area contributed by atoms with Crippen LogP contribution >= 0.6 is 0 Å². The molecule has 5 nitrogen and oxygen atoms in total. The number of hydrogen-bond acceptors (Lipinski definition) is 3. The van der Waals surface area contributed by atoms with Gasteiger partial charge >= 0.3 is 6.03 Å². The van der Waals surface area contributed by atoms with E-state index in [4.69, 9.17) is 0 Å². The highest BCUT2D eigenvalue weighted by molar-refractivity contribution is 7.91. The number of nitrogens with zero attached hydrogens (tertiary/aromatic N) is 1. The van der Waals surface area contributed by atoms with Crippen LogP contribution in [0.25, 0.3) is 0 Å². The molecule has 3 rings (SSSR count). The van der Waals surface area contributed by atoms with Crippen molar-refractivity contribution in [3.05, 3.63) is 65.7 Å². The van der Waals surface area contributed by atoms with Gasteiger partial charge in [-0.15, -0.1) is 0 Å². The van der Waals surface area contributed by atoms with Crippen molar-refractivity contribution < 1.29 is 13.2 Å². The van der Waals surface area contributed by atoms with Gasteiger partial charge in [0.2, 0.25) is 0 Å². The maximum absolute atomic E-state index is 12.6. The molecule has 0 radical (unpaired) electrons. The number of sulfone groups is 1. The van der Waals surface area contributed by atoms with Gasteiger partial charge in [-0.3, -0.25) is 0 Å². The Kier molecular flexibility index (Phi) is 5.08. The van der Waals surface area contributed by atoms with Crippen LogP contribution in [0.5, 0.6) is 0 Å². The average Bonchev–Trinajstić information content (AvgIpc) is 2.76. The van der Waals surface area contributed by atoms with Crippen molar-refractivity contribution in [1.82, 2.24) is 4.90 Å². The number of rotatable bonds is 2. The van der Waals surface area contributed by atoms with E-state index in [0.29, 0.717) is 13.0 Å². The zero-order valence-corrected chi connectivity index (χ0v) is 15.0. The summed E-state index contributed by atoms with van der Waals surface area (Å²) in [6.07, 6.45) is 0.410. The zero-order chi connectivity index (χ0) is 17.9. The number of aryl methyl sites for hydroxylation is 1. The maximum atomic E-state index is 12.6. The van der Waals surface area contributed by atoms with Crippen LogP contribution in [0, 0.1) is 6.92 Å². The molecule has 0 spiro atoms. The highest BCUT2D eigenvalue weighted by Crippen LogP contribution is 2.29. The number of carbonyl (C=O) groups excluding carboxylic acids is 1. The standard InChI is InChI=1S/C19H22N2O3S/c1-15-7-5-6-10-17(15)20-19(22)21-12-11-18(25(23,24)14-13-21)16-8-3-2-4-9-16/h2-10,18H,11-14H2,1H3,(H,20,22)/t18-/m0/s1. The Hall–Kier alpha value is -2.34. The quantitative estimate of drug-likeness (QED) is 0.895. The summed E-state index contributed by atoms with van der Waals surface area (Å²) in [7, 11) is -3.28. The normalized spacial score (nSPS) is 19.9. The van der Waals surface area contributed by atoms with Gasteiger partial charge in [0.15, 0.2) is 9.84 Å². The topological polar surface area (TPSA) is 66.5 Å². The third kappa shape index (κ3) is 4.02. The summed E-state index contributed by atoms with van der Waals surface area (Å²) in [6, 6.07) is 16.5. The summed E-state index contributed by atoms with van der Waals surface area (Å²) in [6.45, 7) is 2.55. The van der Waals surface area contributed by atoms with E-state index in [1.807, 2.05) is 61.5 Å². The minimum atomic E-state index is -3.28. The molecule has 0 bridgehead atoms. The maximum Gasteiger partial charge on any atom is 0.321 e. The molecule has 6 heteroatoms. The summed E-state index contributed by atoms with van der Waals surface area (Å²) < 4.78 is 25.2. The molecular formula is C19H22N2O3S. The Morgan fingerprint density at radius 1 is 1.04 bits per heavy atom. The van der Waals surface area contributed by atoms with Gasteiger partial charge in [-0.25, -0.2) is 13.2 Å². The van der Waals surface area contributed by atoms with Gasteiger partial charge in [0.05, 0.1) is 11.0 Å². The molecule has 2 aromatic carbocycles. The lowest BCUT2D eigenvalue weighted by Gasteiger charge is -2.21. The van der Waals surface area contributed by atoms with E-state index in [-0.39, 0.29) is 18.3 Å². The van der Waals surface area contributed by atoms with Crippen molar-refractivity contribution in [2.45, 2.75) is 18.6 Å². The van der Waals surface area contributed by atoms with E-state index >= 15 is 0 Å². The summed E-state index contributed by atoms with van der Waals surface area (Å²) in [5, 5.41) is 2.33. The van der Waals surface area contributed by atoms with E-state index in [0.717, 1.165) is 16.8 Å². The molecule has 0 aromatic heterocycles. The van der Waals surface area contributed by atoms with Gasteiger partial charge in [-0.05, 0) is 30.5 Å². The fourth-order valence-corrected chi connectivity index (χ4v) is 4.89. The number of anilines is 1. The number of para-hydroxylation sites is 1. The molecule has 0 unspecified atom stereocenters. The largest absolute Gasteiger partial charge is 0.323 e. The molecule has 1 heterocycles. The van der Waals surface area contributed by atoms with Gasteiger partial charge < -0.3 is 10.2 Å². The van der Waals surface area contributed by atoms with Crippen LogP contribution in [0.2, 0.25) is 0 Å². The van der Waals surface area contributed by atoms with Crippen LogP contribution < -0.4 is 5.32 Å². The first kappa shape index (κ1) is 17.5. The van der Waals surface area contributed by atoms with Crippen LogP contribution in [0.15, 0.2) is 54.6 Å². The highest BCUT2D eigenvalue weighted by atomic mass is 32.2. The van der Waals surface area contributed by atoms with Crippen LogP contribution in [0.3, 0.4) is 0 Å². The smallest absolute Gasteiger partial charge is 0.321 e. The number of urea groups is 1.